The summed E-state index contributed by atoms with van der Waals surface area (Å²) in [6, 6.07) is -0.262. The van der Waals surface area contributed by atoms with Crippen molar-refractivity contribution in [3.05, 3.63) is 17.0 Å². The van der Waals surface area contributed by atoms with Crippen LogP contribution in [0.4, 0.5) is 4.79 Å². The molecule has 2 fully saturated rings. The highest BCUT2D eigenvalue weighted by Crippen LogP contribution is 2.40. The fraction of sp³-hybridized carbons (Fsp3) is 0.800. The normalized spacial score (nSPS) is 26.5. The van der Waals surface area contributed by atoms with E-state index in [0.717, 1.165) is 69.2 Å². The number of amides is 2. The first kappa shape index (κ1) is 21.1. The minimum Gasteiger partial charge on any atom is -0.379 e. The van der Waals surface area contributed by atoms with Crippen LogP contribution in [0.15, 0.2) is 4.52 Å². The van der Waals surface area contributed by atoms with Gasteiger partial charge in [0, 0.05) is 37.3 Å². The van der Waals surface area contributed by atoms with Gasteiger partial charge in [-0.1, -0.05) is 12.1 Å². The zero-order valence-electron chi connectivity index (χ0n) is 17.5. The lowest BCUT2D eigenvalue weighted by molar-refractivity contribution is -0.124. The first-order valence-electron chi connectivity index (χ1n) is 10.4. The van der Waals surface area contributed by atoms with Gasteiger partial charge >= 0.3 is 6.03 Å². The van der Waals surface area contributed by atoms with E-state index >= 15 is 0 Å². The number of hydrogen-bond acceptors (Lipinski definition) is 6. The van der Waals surface area contributed by atoms with Crippen LogP contribution in [0, 0.1) is 13.8 Å². The average Bonchev–Trinajstić information content (AvgIpc) is 3.00. The summed E-state index contributed by atoms with van der Waals surface area (Å²) in [5, 5.41) is 10.2. The number of rotatable bonds is 8. The molecule has 0 radical (unpaired) electrons. The molecule has 3 rings (SSSR count). The van der Waals surface area contributed by atoms with Gasteiger partial charge in [-0.15, -0.1) is 0 Å². The molecule has 0 spiro atoms. The number of aryl methyl sites for hydroxylation is 2. The van der Waals surface area contributed by atoms with Crippen molar-refractivity contribution in [3.8, 4) is 0 Å². The smallest absolute Gasteiger partial charge is 0.315 e. The van der Waals surface area contributed by atoms with E-state index in [1.54, 1.807) is 0 Å². The summed E-state index contributed by atoms with van der Waals surface area (Å²) in [5.41, 5.74) is 1.76. The zero-order chi connectivity index (χ0) is 20.1. The summed E-state index contributed by atoms with van der Waals surface area (Å²) in [7, 11) is 0. The van der Waals surface area contributed by atoms with Crippen LogP contribution >= 0.6 is 0 Å². The Bertz CT molecular complexity index is 631. The molecule has 1 aromatic rings. The predicted octanol–water partition coefficient (Wildman–Crippen LogP) is 2.31. The van der Waals surface area contributed by atoms with Crippen molar-refractivity contribution in [1.29, 1.82) is 0 Å². The first-order valence-corrected chi connectivity index (χ1v) is 10.4. The van der Waals surface area contributed by atoms with Crippen molar-refractivity contribution >= 4 is 6.03 Å². The molecule has 28 heavy (non-hydrogen) atoms. The molecule has 1 saturated heterocycles. The molecule has 0 aromatic carbocycles. The predicted molar refractivity (Wildman–Crippen MR) is 105 cm³/mol. The first-order chi connectivity index (χ1) is 13.5. The van der Waals surface area contributed by atoms with Gasteiger partial charge in [0.05, 0.1) is 31.1 Å². The van der Waals surface area contributed by atoms with E-state index in [2.05, 4.69) is 20.7 Å². The Labute approximate surface area is 167 Å². The number of aromatic nitrogens is 1. The van der Waals surface area contributed by atoms with Crippen LogP contribution < -0.4 is 10.6 Å². The average molecular weight is 395 g/mol. The molecule has 2 aliphatic rings. The fourth-order valence-electron chi connectivity index (χ4n) is 4.51. The number of nitrogens with one attached hydrogen (secondary N) is 2. The maximum absolute atomic E-state index is 12.7. The van der Waals surface area contributed by atoms with Gasteiger partial charge in [0.2, 0.25) is 0 Å². The Balaban J connectivity index is 1.59. The summed E-state index contributed by atoms with van der Waals surface area (Å²) in [4.78, 5) is 15.1. The third-order valence-electron chi connectivity index (χ3n) is 6.03. The molecule has 1 aromatic heterocycles. The Morgan fingerprint density at radius 3 is 2.61 bits per heavy atom. The van der Waals surface area contributed by atoms with Crippen molar-refractivity contribution in [2.75, 3.05) is 39.5 Å². The van der Waals surface area contributed by atoms with Crippen LogP contribution in [0.2, 0.25) is 0 Å². The van der Waals surface area contributed by atoms with E-state index in [9.17, 15) is 4.79 Å². The topological polar surface area (TPSA) is 88.9 Å². The van der Waals surface area contributed by atoms with E-state index in [1.807, 2.05) is 27.7 Å². The van der Waals surface area contributed by atoms with Crippen molar-refractivity contribution in [1.82, 2.24) is 20.7 Å². The van der Waals surface area contributed by atoms with Gasteiger partial charge in [0.25, 0.3) is 0 Å². The molecule has 2 heterocycles. The molecule has 8 nitrogen and oxygen atoms in total. The number of urea groups is 1. The lowest BCUT2D eigenvalue weighted by Crippen LogP contribution is -2.67. The van der Waals surface area contributed by atoms with Gasteiger partial charge in [-0.25, -0.2) is 4.79 Å². The maximum atomic E-state index is 12.7. The Hall–Kier alpha value is -1.64. The minimum absolute atomic E-state index is 0.0360. The lowest BCUT2D eigenvalue weighted by atomic mass is 9.72. The maximum Gasteiger partial charge on any atom is 0.315 e. The molecule has 1 saturated carbocycles. The number of carbonyl (C=O) groups excluding carboxylic acids is 1. The van der Waals surface area contributed by atoms with Crippen molar-refractivity contribution in [2.45, 2.75) is 64.6 Å². The summed E-state index contributed by atoms with van der Waals surface area (Å²) >= 11 is 0. The molecule has 2 N–H and O–H groups in total. The molecule has 158 valence electrons. The molecular formula is C20H34N4O4. The summed E-state index contributed by atoms with van der Waals surface area (Å²) in [5.74, 6) is 0.757. The standard InChI is InChI=1S/C20H34N4O4/c1-5-17(18-14(3)23-28-15(18)4)22-19(25)21-13-20(11-16(12-20)27-6-2)24-7-9-26-10-8-24/h16-17H,5-13H2,1-4H3,(H2,21,22,25). The van der Waals surface area contributed by atoms with Crippen LogP contribution in [0.3, 0.4) is 0 Å². The molecule has 1 atom stereocenters. The van der Waals surface area contributed by atoms with E-state index in [-0.39, 0.29) is 23.7 Å². The minimum atomic E-state index is -0.153. The molecule has 2 amide bonds. The number of morpholine rings is 1. The summed E-state index contributed by atoms with van der Waals surface area (Å²) in [6.45, 7) is 12.5. The second kappa shape index (κ2) is 9.24. The lowest BCUT2D eigenvalue weighted by Gasteiger charge is -2.55. The van der Waals surface area contributed by atoms with Gasteiger partial charge < -0.3 is 24.6 Å². The van der Waals surface area contributed by atoms with Crippen LogP contribution in [0.25, 0.3) is 0 Å². The Kier molecular flexibility index (Phi) is 6.95. The van der Waals surface area contributed by atoms with Crippen LogP contribution in [-0.2, 0) is 9.47 Å². The van der Waals surface area contributed by atoms with Gasteiger partial charge in [-0.2, -0.15) is 0 Å². The zero-order valence-corrected chi connectivity index (χ0v) is 17.5. The highest BCUT2D eigenvalue weighted by atomic mass is 16.5. The molecule has 0 bridgehead atoms. The molecular weight excluding hydrogens is 360 g/mol. The summed E-state index contributed by atoms with van der Waals surface area (Å²) in [6.07, 6.45) is 2.95. The summed E-state index contributed by atoms with van der Waals surface area (Å²) < 4.78 is 16.6. The van der Waals surface area contributed by atoms with Gasteiger partial charge in [-0.3, -0.25) is 4.90 Å². The van der Waals surface area contributed by atoms with E-state index in [0.29, 0.717) is 6.54 Å². The largest absolute Gasteiger partial charge is 0.379 e. The van der Waals surface area contributed by atoms with Crippen LogP contribution in [0.5, 0.6) is 0 Å². The van der Waals surface area contributed by atoms with Crippen molar-refractivity contribution < 1.29 is 18.8 Å². The number of ether oxygens (including phenoxy) is 2. The fourth-order valence-corrected chi connectivity index (χ4v) is 4.51. The number of carbonyl (C=O) groups is 1. The Morgan fingerprint density at radius 2 is 2.04 bits per heavy atom. The third kappa shape index (κ3) is 4.50. The van der Waals surface area contributed by atoms with E-state index < -0.39 is 0 Å². The van der Waals surface area contributed by atoms with Crippen molar-refractivity contribution in [2.24, 2.45) is 0 Å². The molecule has 8 heteroatoms. The molecule has 1 unspecified atom stereocenters. The molecule has 1 aliphatic carbocycles. The quantitative estimate of drug-likeness (QED) is 0.703. The highest BCUT2D eigenvalue weighted by molar-refractivity contribution is 5.74. The second-order valence-corrected chi connectivity index (χ2v) is 7.84. The van der Waals surface area contributed by atoms with Crippen molar-refractivity contribution in [3.63, 3.8) is 0 Å². The Morgan fingerprint density at radius 1 is 1.32 bits per heavy atom. The van der Waals surface area contributed by atoms with Gasteiger partial charge in [0.15, 0.2) is 0 Å². The van der Waals surface area contributed by atoms with Crippen LogP contribution in [-0.4, -0.2) is 67.2 Å². The van der Waals surface area contributed by atoms with Gasteiger partial charge in [-0.05, 0) is 40.0 Å². The SMILES string of the molecule is CCOC1CC(CNC(=O)NC(CC)c2c(C)noc2C)(N2CCOCC2)C1. The number of nitrogens with zero attached hydrogens (tertiary/aromatic N) is 2. The van der Waals surface area contributed by atoms with Crippen LogP contribution in [0.1, 0.15) is 56.2 Å². The molecule has 1 aliphatic heterocycles. The monoisotopic (exact) mass is 394 g/mol. The third-order valence-corrected chi connectivity index (χ3v) is 6.03. The highest BCUT2D eigenvalue weighted by Gasteiger charge is 2.49. The van der Waals surface area contributed by atoms with E-state index in [4.69, 9.17) is 14.0 Å². The second-order valence-electron chi connectivity index (χ2n) is 7.84. The number of hydrogen-bond donors (Lipinski definition) is 2. The van der Waals surface area contributed by atoms with E-state index in [1.165, 1.54) is 0 Å². The van der Waals surface area contributed by atoms with Gasteiger partial charge in [0.1, 0.15) is 5.76 Å².